The molecule has 0 bridgehead atoms. The van der Waals surface area contributed by atoms with Gasteiger partial charge in [0.15, 0.2) is 11.5 Å². The maximum atomic E-state index is 13.7. The summed E-state index contributed by atoms with van der Waals surface area (Å²) in [6, 6.07) is 14.6. The minimum atomic E-state index is -0.243. The Hall–Kier alpha value is -3.90. The van der Waals surface area contributed by atoms with E-state index in [1.54, 1.807) is 30.3 Å². The van der Waals surface area contributed by atoms with Crippen LogP contribution in [0.4, 0.5) is 0 Å². The number of nitriles is 1. The van der Waals surface area contributed by atoms with Crippen molar-refractivity contribution in [3.63, 3.8) is 0 Å². The highest BCUT2D eigenvalue weighted by atomic mass is 32.1. The number of hydrogen-bond donors (Lipinski definition) is 1. The van der Waals surface area contributed by atoms with Crippen LogP contribution in [0.25, 0.3) is 10.4 Å². The number of likely N-dealkylation sites (tertiary alicyclic amines) is 1. The number of amides is 2. The number of aryl methyl sites for hydroxylation is 1. The number of fused-ring (bicyclic) bond motifs is 2. The number of para-hydroxylation sites is 1. The van der Waals surface area contributed by atoms with Crippen molar-refractivity contribution in [3.8, 4) is 28.0 Å². The average molecular weight is 501 g/mol. The molecule has 3 atom stereocenters. The molecule has 1 saturated heterocycles. The highest BCUT2D eigenvalue weighted by Gasteiger charge is 2.54. The highest BCUT2D eigenvalue weighted by molar-refractivity contribution is 7.15. The molecular weight excluding hydrogens is 476 g/mol. The lowest BCUT2D eigenvalue weighted by Crippen LogP contribution is -2.45. The van der Waals surface area contributed by atoms with Gasteiger partial charge in [-0.2, -0.15) is 5.26 Å². The molecule has 2 fully saturated rings. The Kier molecular flexibility index (Phi) is 5.61. The minimum Gasteiger partial charge on any atom is -0.486 e. The molecule has 1 N–H and O–H groups in total. The molecule has 3 aromatic rings. The first-order valence-corrected chi connectivity index (χ1v) is 12.8. The minimum absolute atomic E-state index is 0.0940. The molecule has 2 amide bonds. The largest absolute Gasteiger partial charge is 0.486 e. The molecule has 0 unspecified atom stereocenters. The van der Waals surface area contributed by atoms with Crippen molar-refractivity contribution in [1.82, 2.24) is 15.2 Å². The molecule has 36 heavy (non-hydrogen) atoms. The van der Waals surface area contributed by atoms with E-state index in [1.165, 1.54) is 11.3 Å². The third-order valence-corrected chi connectivity index (χ3v) is 8.06. The molecule has 8 nitrogen and oxygen atoms in total. The molecule has 2 aliphatic heterocycles. The number of carbonyl (C=O) groups excluding carboxylic acids is 2. The van der Waals surface area contributed by atoms with Crippen molar-refractivity contribution in [1.29, 1.82) is 5.26 Å². The predicted molar refractivity (Wildman–Crippen MR) is 133 cm³/mol. The van der Waals surface area contributed by atoms with Crippen LogP contribution in [0.15, 0.2) is 42.5 Å². The van der Waals surface area contributed by atoms with Gasteiger partial charge in [0.2, 0.25) is 0 Å². The van der Waals surface area contributed by atoms with Crippen LogP contribution >= 0.6 is 11.3 Å². The second-order valence-corrected chi connectivity index (χ2v) is 10.5. The summed E-state index contributed by atoms with van der Waals surface area (Å²) in [6.07, 6.45) is 1.06. The maximum Gasteiger partial charge on any atom is 0.274 e. The number of carbonyl (C=O) groups is 2. The SMILES string of the molecule is Cc1nc(C(=O)N2C[C@H]3C[C@H]3[C@H]2CNC(=O)c2cccc3c2OCCO3)c(-c2cccc(C#N)c2)s1. The van der Waals surface area contributed by atoms with E-state index < -0.39 is 0 Å². The lowest BCUT2D eigenvalue weighted by Gasteiger charge is -2.28. The number of piperidine rings is 1. The van der Waals surface area contributed by atoms with Crippen LogP contribution in [0.3, 0.4) is 0 Å². The third-order valence-electron chi connectivity index (χ3n) is 7.04. The number of rotatable bonds is 5. The molecular formula is C27H24N4O4S. The van der Waals surface area contributed by atoms with E-state index in [-0.39, 0.29) is 17.9 Å². The van der Waals surface area contributed by atoms with Crippen molar-refractivity contribution >= 4 is 23.2 Å². The van der Waals surface area contributed by atoms with Gasteiger partial charge in [0.25, 0.3) is 11.8 Å². The number of hydrogen-bond acceptors (Lipinski definition) is 7. The normalized spacial score (nSPS) is 21.4. The van der Waals surface area contributed by atoms with Gasteiger partial charge in [-0.25, -0.2) is 4.98 Å². The summed E-state index contributed by atoms with van der Waals surface area (Å²) in [4.78, 5) is 34.0. The fourth-order valence-corrected chi connectivity index (χ4v) is 6.15. The number of ether oxygens (including phenoxy) is 2. The second kappa shape index (κ2) is 8.95. The van der Waals surface area contributed by atoms with Gasteiger partial charge in [-0.3, -0.25) is 9.59 Å². The summed E-state index contributed by atoms with van der Waals surface area (Å²) < 4.78 is 11.3. The molecule has 3 aliphatic rings. The molecule has 0 spiro atoms. The summed E-state index contributed by atoms with van der Waals surface area (Å²) >= 11 is 1.45. The molecule has 1 aromatic heterocycles. The fraction of sp³-hybridized carbons (Fsp3) is 0.333. The number of nitrogens with zero attached hydrogens (tertiary/aromatic N) is 3. The Labute approximate surface area is 212 Å². The summed E-state index contributed by atoms with van der Waals surface area (Å²) in [6.45, 7) is 3.76. The van der Waals surface area contributed by atoms with E-state index in [4.69, 9.17) is 9.47 Å². The van der Waals surface area contributed by atoms with Crippen LogP contribution in [0.5, 0.6) is 11.5 Å². The Bertz CT molecular complexity index is 1410. The summed E-state index contributed by atoms with van der Waals surface area (Å²) in [7, 11) is 0. The van der Waals surface area contributed by atoms with E-state index in [0.29, 0.717) is 66.5 Å². The number of aromatic nitrogens is 1. The maximum absolute atomic E-state index is 13.7. The first kappa shape index (κ1) is 22.6. The first-order valence-electron chi connectivity index (χ1n) is 12.0. The smallest absolute Gasteiger partial charge is 0.274 e. The molecule has 2 aromatic carbocycles. The van der Waals surface area contributed by atoms with Gasteiger partial charge in [0, 0.05) is 13.1 Å². The van der Waals surface area contributed by atoms with Gasteiger partial charge < -0.3 is 19.7 Å². The zero-order chi connectivity index (χ0) is 24.8. The lowest BCUT2D eigenvalue weighted by atomic mass is 10.1. The van der Waals surface area contributed by atoms with Crippen molar-refractivity contribution in [2.45, 2.75) is 19.4 Å². The van der Waals surface area contributed by atoms with Gasteiger partial charge in [-0.15, -0.1) is 11.3 Å². The Morgan fingerprint density at radius 2 is 2.06 bits per heavy atom. The van der Waals surface area contributed by atoms with Crippen LogP contribution in [0.1, 0.15) is 37.8 Å². The Morgan fingerprint density at radius 3 is 2.92 bits per heavy atom. The number of nitrogens with one attached hydrogen (secondary N) is 1. The van der Waals surface area contributed by atoms with Crippen LogP contribution in [-0.2, 0) is 0 Å². The highest BCUT2D eigenvalue weighted by Crippen LogP contribution is 2.50. The van der Waals surface area contributed by atoms with Gasteiger partial charge in [-0.1, -0.05) is 18.2 Å². The van der Waals surface area contributed by atoms with Crippen molar-refractivity contribution in [2.24, 2.45) is 11.8 Å². The zero-order valence-corrected chi connectivity index (χ0v) is 20.5. The fourth-order valence-electron chi connectivity index (χ4n) is 5.25. The summed E-state index contributed by atoms with van der Waals surface area (Å²) in [5, 5.41) is 13.1. The predicted octanol–water partition coefficient (Wildman–Crippen LogP) is 3.65. The molecule has 9 heteroatoms. The Morgan fingerprint density at radius 1 is 1.22 bits per heavy atom. The van der Waals surface area contributed by atoms with Crippen molar-refractivity contribution < 1.29 is 19.1 Å². The van der Waals surface area contributed by atoms with E-state index >= 15 is 0 Å². The average Bonchev–Trinajstić information content (AvgIpc) is 3.42. The van der Waals surface area contributed by atoms with Gasteiger partial charge >= 0.3 is 0 Å². The lowest BCUT2D eigenvalue weighted by molar-refractivity contribution is 0.0690. The zero-order valence-electron chi connectivity index (χ0n) is 19.7. The quantitative estimate of drug-likeness (QED) is 0.574. The first-order chi connectivity index (χ1) is 17.5. The molecule has 1 aliphatic carbocycles. The standard InChI is InChI=1S/C27H24N4O4S/c1-15-30-23(25(36-15)17-5-2-4-16(10-17)12-28)27(33)31-14-18-11-20(18)21(31)13-29-26(32)19-6-3-7-22-24(19)35-9-8-34-22/h2-7,10,18,20-21H,8-9,11,13-14H2,1H3,(H,29,32)/t18-,20-,21-/m1/s1. The van der Waals surface area contributed by atoms with Crippen LogP contribution in [-0.4, -0.2) is 54.0 Å². The molecule has 182 valence electrons. The second-order valence-electron chi connectivity index (χ2n) is 9.33. The van der Waals surface area contributed by atoms with Crippen LogP contribution < -0.4 is 14.8 Å². The molecule has 0 radical (unpaired) electrons. The van der Waals surface area contributed by atoms with Gasteiger partial charge in [0.05, 0.1) is 33.1 Å². The number of thiazole rings is 1. The van der Waals surface area contributed by atoms with Crippen LogP contribution in [0.2, 0.25) is 0 Å². The Balaban J connectivity index is 1.22. The van der Waals surface area contributed by atoms with E-state index in [0.717, 1.165) is 21.9 Å². The third kappa shape index (κ3) is 3.97. The monoisotopic (exact) mass is 500 g/mol. The van der Waals surface area contributed by atoms with Crippen molar-refractivity contribution in [2.75, 3.05) is 26.3 Å². The number of benzene rings is 2. The van der Waals surface area contributed by atoms with E-state index in [2.05, 4.69) is 16.4 Å². The summed E-state index contributed by atoms with van der Waals surface area (Å²) in [5.74, 6) is 1.50. The summed E-state index contributed by atoms with van der Waals surface area (Å²) in [5.41, 5.74) is 2.20. The van der Waals surface area contributed by atoms with Crippen molar-refractivity contribution in [3.05, 3.63) is 64.3 Å². The van der Waals surface area contributed by atoms with Crippen LogP contribution in [0, 0.1) is 30.1 Å². The molecule has 3 heterocycles. The van der Waals surface area contributed by atoms with E-state index in [9.17, 15) is 14.9 Å². The van der Waals surface area contributed by atoms with E-state index in [1.807, 2.05) is 24.0 Å². The molecule has 6 rings (SSSR count). The molecule has 1 saturated carbocycles. The topological polar surface area (TPSA) is 105 Å². The van der Waals surface area contributed by atoms with Gasteiger partial charge in [0.1, 0.15) is 18.9 Å². The van der Waals surface area contributed by atoms with Gasteiger partial charge in [-0.05, 0) is 55.0 Å².